The minimum absolute atomic E-state index is 0.0345. The first-order valence-corrected chi connectivity index (χ1v) is 11.3. The first-order valence-electron chi connectivity index (χ1n) is 8.10. The van der Waals surface area contributed by atoms with Crippen molar-refractivity contribution in [2.75, 3.05) is 17.6 Å². The highest BCUT2D eigenvalue weighted by molar-refractivity contribution is 8.01. The summed E-state index contributed by atoms with van der Waals surface area (Å²) in [5.74, 6) is -0.531. The maximum absolute atomic E-state index is 13.2. The van der Waals surface area contributed by atoms with Crippen molar-refractivity contribution in [3.05, 3.63) is 59.9 Å². The van der Waals surface area contributed by atoms with Crippen LogP contribution in [0.25, 0.3) is 0 Å². The van der Waals surface area contributed by atoms with Gasteiger partial charge in [-0.3, -0.25) is 4.79 Å². The van der Waals surface area contributed by atoms with Crippen molar-refractivity contribution in [1.29, 1.82) is 0 Å². The Kier molecular flexibility index (Phi) is 5.04. The van der Waals surface area contributed by atoms with Crippen molar-refractivity contribution < 1.29 is 17.6 Å². The zero-order chi connectivity index (χ0) is 19.7. The van der Waals surface area contributed by atoms with Gasteiger partial charge in [-0.25, -0.2) is 17.1 Å². The fourth-order valence-electron chi connectivity index (χ4n) is 2.68. The lowest BCUT2D eigenvalue weighted by molar-refractivity contribution is 0.0876. The molecule has 1 aromatic heterocycles. The van der Waals surface area contributed by atoms with Gasteiger partial charge in [0.1, 0.15) is 10.7 Å². The summed E-state index contributed by atoms with van der Waals surface area (Å²) in [5.41, 5.74) is 0.754. The third-order valence-electron chi connectivity index (χ3n) is 3.91. The van der Waals surface area contributed by atoms with Gasteiger partial charge in [-0.1, -0.05) is 41.3 Å². The summed E-state index contributed by atoms with van der Waals surface area (Å²) in [6, 6.07) is 12.2. The Hall–Kier alpha value is -2.50. The zero-order valence-electron chi connectivity index (χ0n) is 14.2. The van der Waals surface area contributed by atoms with Gasteiger partial charge < -0.3 is 5.32 Å². The maximum atomic E-state index is 13.2. The lowest BCUT2D eigenvalue weighted by atomic mass is 10.2. The highest BCUT2D eigenvalue weighted by Gasteiger charge is 2.40. The molecule has 0 radical (unpaired) electrons. The maximum Gasteiger partial charge on any atom is 0.269 e. The van der Waals surface area contributed by atoms with Gasteiger partial charge in [-0.15, -0.1) is 10.2 Å². The van der Waals surface area contributed by atoms with E-state index in [0.29, 0.717) is 20.9 Å². The predicted octanol–water partition coefficient (Wildman–Crippen LogP) is 3.36. The predicted molar refractivity (Wildman–Crippen MR) is 105 cm³/mol. The van der Waals surface area contributed by atoms with E-state index in [1.165, 1.54) is 47.4 Å². The van der Waals surface area contributed by atoms with E-state index in [9.17, 15) is 17.6 Å². The van der Waals surface area contributed by atoms with E-state index >= 15 is 0 Å². The molecule has 0 saturated carbocycles. The highest BCUT2D eigenvalue weighted by atomic mass is 32.2. The summed E-state index contributed by atoms with van der Waals surface area (Å²) in [6.07, 6.45) is 0. The molecular weight excluding hydrogens is 423 g/mol. The van der Waals surface area contributed by atoms with Crippen LogP contribution in [-0.4, -0.2) is 41.1 Å². The van der Waals surface area contributed by atoms with Crippen molar-refractivity contribution in [2.24, 2.45) is 0 Å². The molecular formula is C17H13FN4O3S3. The molecule has 0 spiro atoms. The van der Waals surface area contributed by atoms with Gasteiger partial charge >= 0.3 is 0 Å². The molecule has 0 aliphatic carbocycles. The molecule has 144 valence electrons. The standard InChI is InChI=1S/C17H13FN4O3S3/c18-11-4-3-5-12(10-11)19-16-20-21-17(27-16)26-9-8-22-15(23)13-6-1-2-7-14(13)28(22,24)25/h1-7,10H,8-9H2,(H,19,20). The Morgan fingerprint density at radius 2 is 1.96 bits per heavy atom. The van der Waals surface area contributed by atoms with Crippen LogP contribution in [-0.2, 0) is 10.0 Å². The molecule has 1 aliphatic heterocycles. The molecule has 11 heteroatoms. The molecule has 2 aromatic carbocycles. The van der Waals surface area contributed by atoms with E-state index in [0.717, 1.165) is 4.31 Å². The number of nitrogens with zero attached hydrogens (tertiary/aromatic N) is 3. The number of hydrogen-bond acceptors (Lipinski definition) is 8. The second-order valence-corrected chi connectivity index (χ2v) is 9.89. The van der Waals surface area contributed by atoms with Crippen molar-refractivity contribution in [3.63, 3.8) is 0 Å². The molecule has 4 rings (SSSR count). The Labute approximate surface area is 168 Å². The quantitative estimate of drug-likeness (QED) is 0.593. The number of fused-ring (bicyclic) bond motifs is 1. The van der Waals surface area contributed by atoms with Crippen LogP contribution in [0.2, 0.25) is 0 Å². The van der Waals surface area contributed by atoms with Gasteiger partial charge in [0.05, 0.1) is 5.56 Å². The summed E-state index contributed by atoms with van der Waals surface area (Å²) in [4.78, 5) is 12.4. The minimum Gasteiger partial charge on any atom is -0.330 e. The monoisotopic (exact) mass is 436 g/mol. The van der Waals surface area contributed by atoms with Crippen LogP contribution in [0.3, 0.4) is 0 Å². The molecule has 1 N–H and O–H groups in total. The smallest absolute Gasteiger partial charge is 0.269 e. The van der Waals surface area contributed by atoms with Crippen LogP contribution in [0, 0.1) is 5.82 Å². The van der Waals surface area contributed by atoms with Crippen LogP contribution in [0.5, 0.6) is 0 Å². The topological polar surface area (TPSA) is 92.3 Å². The number of benzene rings is 2. The van der Waals surface area contributed by atoms with E-state index in [1.54, 1.807) is 24.3 Å². The van der Waals surface area contributed by atoms with Crippen LogP contribution < -0.4 is 5.32 Å². The number of halogens is 1. The molecule has 0 bridgehead atoms. The fourth-order valence-corrected chi connectivity index (χ4v) is 6.13. The van der Waals surface area contributed by atoms with Crippen LogP contribution in [0.4, 0.5) is 15.2 Å². The SMILES string of the molecule is O=C1c2ccccc2S(=O)(=O)N1CCSc1nnc(Nc2cccc(F)c2)s1. The molecule has 28 heavy (non-hydrogen) atoms. The zero-order valence-corrected chi connectivity index (χ0v) is 16.7. The summed E-state index contributed by atoms with van der Waals surface area (Å²) >= 11 is 2.55. The molecule has 1 amide bonds. The number of hydrogen-bond donors (Lipinski definition) is 1. The van der Waals surface area contributed by atoms with Crippen molar-refractivity contribution in [1.82, 2.24) is 14.5 Å². The van der Waals surface area contributed by atoms with Gasteiger partial charge in [-0.2, -0.15) is 0 Å². The number of thioether (sulfide) groups is 1. The average molecular weight is 437 g/mol. The summed E-state index contributed by atoms with van der Waals surface area (Å²) in [5, 5.41) is 11.4. The minimum atomic E-state index is -3.80. The number of nitrogens with one attached hydrogen (secondary N) is 1. The number of sulfonamides is 1. The summed E-state index contributed by atoms with van der Waals surface area (Å²) < 4.78 is 39.7. The molecule has 0 atom stereocenters. The third-order valence-corrected chi connectivity index (χ3v) is 7.71. The van der Waals surface area contributed by atoms with Gasteiger partial charge in [-0.05, 0) is 30.3 Å². The van der Waals surface area contributed by atoms with Gasteiger partial charge in [0.15, 0.2) is 4.34 Å². The first kappa shape index (κ1) is 18.8. The lowest BCUT2D eigenvalue weighted by Crippen LogP contribution is -2.32. The summed E-state index contributed by atoms with van der Waals surface area (Å²) in [7, 11) is -3.80. The normalized spacial score (nSPS) is 14.9. The van der Waals surface area contributed by atoms with E-state index < -0.39 is 15.9 Å². The fraction of sp³-hybridized carbons (Fsp3) is 0.118. The van der Waals surface area contributed by atoms with E-state index in [4.69, 9.17) is 0 Å². The number of aromatic nitrogens is 2. The molecule has 2 heterocycles. The summed E-state index contributed by atoms with van der Waals surface area (Å²) in [6.45, 7) is 0.0345. The van der Waals surface area contributed by atoms with Crippen LogP contribution in [0.1, 0.15) is 10.4 Å². The van der Waals surface area contributed by atoms with Crippen LogP contribution >= 0.6 is 23.1 Å². The van der Waals surface area contributed by atoms with Gasteiger partial charge in [0.2, 0.25) is 5.13 Å². The van der Waals surface area contributed by atoms with E-state index in [-0.39, 0.29) is 22.8 Å². The number of amides is 1. The number of rotatable bonds is 6. The van der Waals surface area contributed by atoms with Crippen molar-refractivity contribution in [2.45, 2.75) is 9.24 Å². The van der Waals surface area contributed by atoms with E-state index in [2.05, 4.69) is 15.5 Å². The Bertz CT molecular complexity index is 1150. The third kappa shape index (κ3) is 3.60. The number of carbonyl (C=O) groups excluding carboxylic acids is 1. The second kappa shape index (κ2) is 7.49. The molecule has 0 fully saturated rings. The van der Waals surface area contributed by atoms with Gasteiger partial charge in [0.25, 0.3) is 15.9 Å². The number of carbonyl (C=O) groups is 1. The molecule has 1 aliphatic rings. The molecule has 0 saturated heterocycles. The molecule has 3 aromatic rings. The average Bonchev–Trinajstić information content (AvgIpc) is 3.18. The number of anilines is 2. The Morgan fingerprint density at radius 1 is 1.14 bits per heavy atom. The second-order valence-electron chi connectivity index (χ2n) is 5.74. The van der Waals surface area contributed by atoms with Crippen molar-refractivity contribution >= 4 is 49.8 Å². The first-order chi connectivity index (χ1) is 13.4. The van der Waals surface area contributed by atoms with E-state index in [1.807, 2.05) is 0 Å². The van der Waals surface area contributed by atoms with Crippen molar-refractivity contribution in [3.8, 4) is 0 Å². The van der Waals surface area contributed by atoms with Crippen LogP contribution in [0.15, 0.2) is 57.8 Å². The largest absolute Gasteiger partial charge is 0.330 e. The van der Waals surface area contributed by atoms with Gasteiger partial charge in [0, 0.05) is 18.0 Å². The lowest BCUT2D eigenvalue weighted by Gasteiger charge is -2.13. The highest BCUT2D eigenvalue weighted by Crippen LogP contribution is 2.32. The Morgan fingerprint density at radius 3 is 2.75 bits per heavy atom. The molecule has 0 unspecified atom stereocenters. The Balaban J connectivity index is 1.37. The molecule has 7 nitrogen and oxygen atoms in total.